The van der Waals surface area contributed by atoms with Gasteiger partial charge >= 0.3 is 0 Å². The van der Waals surface area contributed by atoms with Crippen molar-refractivity contribution in [3.63, 3.8) is 0 Å². The van der Waals surface area contributed by atoms with Gasteiger partial charge in [-0.15, -0.1) is 0 Å². The zero-order valence-electron chi connectivity index (χ0n) is 12.8. The maximum Gasteiger partial charge on any atom is 0.245 e. The van der Waals surface area contributed by atoms with E-state index in [9.17, 15) is 4.79 Å². The van der Waals surface area contributed by atoms with Gasteiger partial charge in [-0.3, -0.25) is 4.79 Å². The largest absolute Gasteiger partial charge is 0.371 e. The van der Waals surface area contributed by atoms with E-state index in [-0.39, 0.29) is 5.91 Å². The number of carbonyl (C=O) groups is 1. The van der Waals surface area contributed by atoms with Crippen LogP contribution in [0.25, 0.3) is 0 Å². The SMILES string of the molecule is CCCCN(CCCC)c1cc2c(cc1Br)C(N)C(=O)N2. The molecule has 1 aliphatic heterocycles. The average molecular weight is 354 g/mol. The van der Waals surface area contributed by atoms with Crippen molar-refractivity contribution in [3.8, 4) is 0 Å². The van der Waals surface area contributed by atoms with Gasteiger partial charge in [0.1, 0.15) is 6.04 Å². The third-order valence-corrected chi connectivity index (χ3v) is 4.53. The summed E-state index contributed by atoms with van der Waals surface area (Å²) in [6.07, 6.45) is 4.68. The van der Waals surface area contributed by atoms with Gasteiger partial charge in [-0.05, 0) is 40.9 Å². The lowest BCUT2D eigenvalue weighted by atomic mass is 10.1. The number of halogens is 1. The van der Waals surface area contributed by atoms with Crippen LogP contribution in [0.15, 0.2) is 16.6 Å². The monoisotopic (exact) mass is 353 g/mol. The van der Waals surface area contributed by atoms with E-state index >= 15 is 0 Å². The highest BCUT2D eigenvalue weighted by molar-refractivity contribution is 9.10. The maximum absolute atomic E-state index is 11.7. The molecule has 0 aliphatic carbocycles. The molecule has 116 valence electrons. The molecule has 1 heterocycles. The minimum atomic E-state index is -0.551. The number of rotatable bonds is 7. The standard InChI is InChI=1S/C16H24BrN3O/c1-3-5-7-20(8-6-4-2)14-10-13-11(9-12(14)17)15(18)16(21)19-13/h9-10,15H,3-8,18H2,1-2H3,(H,19,21). The zero-order valence-corrected chi connectivity index (χ0v) is 14.4. The van der Waals surface area contributed by atoms with E-state index in [1.54, 1.807) is 0 Å². The lowest BCUT2D eigenvalue weighted by molar-refractivity contribution is -0.116. The minimum Gasteiger partial charge on any atom is -0.371 e. The quantitative estimate of drug-likeness (QED) is 0.783. The summed E-state index contributed by atoms with van der Waals surface area (Å²) in [5.41, 5.74) is 8.77. The Morgan fingerprint density at radius 2 is 1.86 bits per heavy atom. The van der Waals surface area contributed by atoms with Crippen molar-refractivity contribution in [3.05, 3.63) is 22.2 Å². The highest BCUT2D eigenvalue weighted by Gasteiger charge is 2.28. The smallest absolute Gasteiger partial charge is 0.245 e. The van der Waals surface area contributed by atoms with Gasteiger partial charge in [0.15, 0.2) is 0 Å². The van der Waals surface area contributed by atoms with E-state index in [0.717, 1.165) is 34.5 Å². The number of hydrogen-bond donors (Lipinski definition) is 2. The molecule has 0 radical (unpaired) electrons. The lowest BCUT2D eigenvalue weighted by Crippen LogP contribution is -2.26. The van der Waals surface area contributed by atoms with Crippen LogP contribution in [-0.2, 0) is 4.79 Å². The van der Waals surface area contributed by atoms with Gasteiger partial charge in [-0.1, -0.05) is 26.7 Å². The van der Waals surface area contributed by atoms with Crippen molar-refractivity contribution in [2.75, 3.05) is 23.3 Å². The highest BCUT2D eigenvalue weighted by atomic mass is 79.9. The van der Waals surface area contributed by atoms with Crippen molar-refractivity contribution in [2.45, 2.75) is 45.6 Å². The summed E-state index contributed by atoms with van der Waals surface area (Å²) in [6, 6.07) is 3.48. The molecule has 1 aromatic carbocycles. The highest BCUT2D eigenvalue weighted by Crippen LogP contribution is 2.38. The molecule has 1 amide bonds. The van der Waals surface area contributed by atoms with Gasteiger partial charge in [0.05, 0.1) is 5.69 Å². The number of hydrogen-bond acceptors (Lipinski definition) is 3. The fourth-order valence-corrected chi connectivity index (χ4v) is 3.20. The second kappa shape index (κ2) is 7.27. The number of nitrogens with two attached hydrogens (primary N) is 1. The Hall–Kier alpha value is -1.07. The molecule has 0 bridgehead atoms. The number of carbonyl (C=O) groups excluding carboxylic acids is 1. The van der Waals surface area contributed by atoms with Crippen molar-refractivity contribution in [1.82, 2.24) is 0 Å². The van der Waals surface area contributed by atoms with Crippen molar-refractivity contribution in [1.29, 1.82) is 0 Å². The molecule has 0 fully saturated rings. The van der Waals surface area contributed by atoms with Crippen LogP contribution in [0.1, 0.15) is 51.1 Å². The summed E-state index contributed by atoms with van der Waals surface area (Å²) in [5, 5.41) is 2.87. The molecule has 3 N–H and O–H groups in total. The Labute approximate surface area is 135 Å². The molecular weight excluding hydrogens is 330 g/mol. The van der Waals surface area contributed by atoms with Crippen LogP contribution in [0.5, 0.6) is 0 Å². The van der Waals surface area contributed by atoms with Gasteiger partial charge < -0.3 is 16.0 Å². The number of anilines is 2. The van der Waals surface area contributed by atoms with E-state index in [4.69, 9.17) is 5.73 Å². The normalized spacial score (nSPS) is 16.8. The molecule has 0 saturated carbocycles. The maximum atomic E-state index is 11.7. The first-order valence-electron chi connectivity index (χ1n) is 7.73. The van der Waals surface area contributed by atoms with E-state index < -0.39 is 6.04 Å². The molecular formula is C16H24BrN3O. The van der Waals surface area contributed by atoms with Crippen LogP contribution in [0.3, 0.4) is 0 Å². The Kier molecular flexibility index (Phi) is 5.65. The van der Waals surface area contributed by atoms with Crippen LogP contribution >= 0.6 is 15.9 Å². The predicted octanol–water partition coefficient (Wildman–Crippen LogP) is 3.81. The van der Waals surface area contributed by atoms with Crippen molar-refractivity contribution in [2.24, 2.45) is 5.73 Å². The summed E-state index contributed by atoms with van der Waals surface area (Å²) >= 11 is 3.65. The number of fused-ring (bicyclic) bond motifs is 1. The first-order valence-corrected chi connectivity index (χ1v) is 8.52. The van der Waals surface area contributed by atoms with Crippen LogP contribution in [0, 0.1) is 0 Å². The Morgan fingerprint density at radius 3 is 2.43 bits per heavy atom. The van der Waals surface area contributed by atoms with Crippen LogP contribution < -0.4 is 16.0 Å². The topological polar surface area (TPSA) is 58.4 Å². The van der Waals surface area contributed by atoms with Crippen LogP contribution in [-0.4, -0.2) is 19.0 Å². The zero-order chi connectivity index (χ0) is 15.4. The number of nitrogens with one attached hydrogen (secondary N) is 1. The number of nitrogens with zero attached hydrogens (tertiary/aromatic N) is 1. The van der Waals surface area contributed by atoms with Crippen LogP contribution in [0.2, 0.25) is 0 Å². The van der Waals surface area contributed by atoms with Crippen molar-refractivity contribution >= 4 is 33.2 Å². The summed E-state index contributed by atoms with van der Waals surface area (Å²) in [7, 11) is 0. The number of unbranched alkanes of at least 4 members (excludes halogenated alkanes) is 2. The molecule has 0 spiro atoms. The minimum absolute atomic E-state index is 0.122. The van der Waals surface area contributed by atoms with E-state index in [1.807, 2.05) is 6.07 Å². The molecule has 1 unspecified atom stereocenters. The average Bonchev–Trinajstić information content (AvgIpc) is 2.74. The molecule has 5 heteroatoms. The molecule has 0 aromatic heterocycles. The molecule has 2 rings (SSSR count). The van der Waals surface area contributed by atoms with E-state index in [1.165, 1.54) is 25.7 Å². The molecule has 4 nitrogen and oxygen atoms in total. The Balaban J connectivity index is 2.28. The van der Waals surface area contributed by atoms with Gasteiger partial charge in [-0.2, -0.15) is 0 Å². The Bertz CT molecular complexity index is 510. The summed E-state index contributed by atoms with van der Waals surface area (Å²) in [6.45, 7) is 6.48. The van der Waals surface area contributed by atoms with Gasteiger partial charge in [-0.25, -0.2) is 0 Å². The summed E-state index contributed by atoms with van der Waals surface area (Å²) in [5.74, 6) is -0.122. The molecule has 1 atom stereocenters. The second-order valence-electron chi connectivity index (χ2n) is 5.55. The molecule has 21 heavy (non-hydrogen) atoms. The van der Waals surface area contributed by atoms with Gasteiger partial charge in [0.25, 0.3) is 0 Å². The Morgan fingerprint density at radius 1 is 1.24 bits per heavy atom. The fourth-order valence-electron chi connectivity index (χ4n) is 2.59. The molecule has 1 aliphatic rings. The lowest BCUT2D eigenvalue weighted by Gasteiger charge is -2.26. The molecule has 1 aromatic rings. The van der Waals surface area contributed by atoms with Gasteiger partial charge in [0, 0.05) is 28.8 Å². The fraction of sp³-hybridized carbons (Fsp3) is 0.562. The first kappa shape index (κ1) is 16.3. The third-order valence-electron chi connectivity index (χ3n) is 3.90. The second-order valence-corrected chi connectivity index (χ2v) is 6.41. The number of amides is 1. The van der Waals surface area contributed by atoms with E-state index in [0.29, 0.717) is 0 Å². The van der Waals surface area contributed by atoms with Crippen molar-refractivity contribution < 1.29 is 4.79 Å². The first-order chi connectivity index (χ1) is 10.1. The van der Waals surface area contributed by atoms with Gasteiger partial charge in [0.2, 0.25) is 5.91 Å². The van der Waals surface area contributed by atoms with E-state index in [2.05, 4.69) is 46.1 Å². The summed E-state index contributed by atoms with van der Waals surface area (Å²) < 4.78 is 1.01. The molecule has 0 saturated heterocycles. The van der Waals surface area contributed by atoms with Crippen LogP contribution in [0.4, 0.5) is 11.4 Å². The predicted molar refractivity (Wildman–Crippen MR) is 91.7 cm³/mol. The third kappa shape index (κ3) is 3.58. The number of benzene rings is 1. The summed E-state index contributed by atoms with van der Waals surface area (Å²) in [4.78, 5) is 14.1.